The maximum absolute atomic E-state index is 12.1. The Hall–Kier alpha value is -1.68. The highest BCUT2D eigenvalue weighted by molar-refractivity contribution is 5.88. The van der Waals surface area contributed by atoms with Gasteiger partial charge in [-0.1, -0.05) is 19.1 Å². The van der Waals surface area contributed by atoms with Crippen LogP contribution in [0.25, 0.3) is 11.0 Å². The number of fused-ring (bicyclic) bond motifs is 1. The van der Waals surface area contributed by atoms with E-state index in [4.69, 9.17) is 0 Å². The number of aromatic nitrogens is 2. The summed E-state index contributed by atoms with van der Waals surface area (Å²) in [4.78, 5) is 16.6. The van der Waals surface area contributed by atoms with Gasteiger partial charge in [-0.05, 0) is 32.4 Å². The highest BCUT2D eigenvalue weighted by Gasteiger charge is 2.29. The monoisotopic (exact) mass is 260 g/mol. The summed E-state index contributed by atoms with van der Waals surface area (Å²) < 4.78 is 2.03. The highest BCUT2D eigenvalue weighted by atomic mass is 16.3. The Kier molecular flexibility index (Phi) is 3.71. The number of aryl methyl sites for hydroxylation is 1. The number of nitrogens with zero attached hydrogens (tertiary/aromatic N) is 2. The quantitative estimate of drug-likeness (QED) is 0.897. The summed E-state index contributed by atoms with van der Waals surface area (Å²) in [5.41, 5.74) is 0.656. The van der Waals surface area contributed by atoms with Crippen LogP contribution in [0.5, 0.6) is 0 Å². The summed E-state index contributed by atoms with van der Waals surface area (Å²) >= 11 is 0. The van der Waals surface area contributed by atoms with Gasteiger partial charge in [-0.25, -0.2) is 4.98 Å². The Morgan fingerprint density at radius 3 is 2.68 bits per heavy atom. The van der Waals surface area contributed by atoms with Crippen molar-refractivity contribution in [1.29, 1.82) is 0 Å². The molecule has 0 saturated heterocycles. The number of imidazole rings is 1. The van der Waals surface area contributed by atoms with Gasteiger partial charge in [0.25, 0.3) is 0 Å². The minimum Gasteiger partial charge on any atom is -0.382 e. The molecule has 0 aliphatic rings. The van der Waals surface area contributed by atoms with Crippen molar-refractivity contribution in [2.75, 3.05) is 0 Å². The summed E-state index contributed by atoms with van der Waals surface area (Å²) in [5.74, 6) is 0.544. The van der Waals surface area contributed by atoms with Gasteiger partial charge in [0.15, 0.2) is 5.78 Å². The number of aliphatic hydroxyl groups is 1. The lowest BCUT2D eigenvalue weighted by atomic mass is 9.95. The Balaban J connectivity index is 2.38. The normalized spacial score (nSPS) is 14.5. The van der Waals surface area contributed by atoms with Gasteiger partial charge >= 0.3 is 0 Å². The number of hydrogen-bond donors (Lipinski definition) is 1. The zero-order chi connectivity index (χ0) is 14.0. The number of benzene rings is 1. The molecule has 1 N–H and O–H groups in total. The maximum atomic E-state index is 12.1. The van der Waals surface area contributed by atoms with E-state index < -0.39 is 5.60 Å². The third-order valence-corrected chi connectivity index (χ3v) is 3.66. The molecule has 2 rings (SSSR count). The second kappa shape index (κ2) is 5.13. The number of hydrogen-bond acceptors (Lipinski definition) is 3. The fraction of sp³-hybridized carbons (Fsp3) is 0.467. The first-order valence-electron chi connectivity index (χ1n) is 6.69. The van der Waals surface area contributed by atoms with Crippen LogP contribution in [0.2, 0.25) is 0 Å². The molecule has 19 heavy (non-hydrogen) atoms. The van der Waals surface area contributed by atoms with Gasteiger partial charge in [0.1, 0.15) is 11.4 Å². The molecule has 0 saturated carbocycles. The molecule has 4 nitrogen and oxygen atoms in total. The van der Waals surface area contributed by atoms with E-state index in [0.717, 1.165) is 23.4 Å². The number of Topliss-reactive ketones (excluding diaryl/α,β-unsaturated/α-hetero) is 1. The predicted octanol–water partition coefficient (Wildman–Crippen LogP) is 2.33. The SMILES string of the molecule is CCn1c(CC(=O)C(C)(O)CC)nc2ccccc21. The predicted molar refractivity (Wildman–Crippen MR) is 75.0 cm³/mol. The van der Waals surface area contributed by atoms with E-state index in [1.165, 1.54) is 0 Å². The Morgan fingerprint density at radius 2 is 2.05 bits per heavy atom. The van der Waals surface area contributed by atoms with Gasteiger partial charge in [0.05, 0.1) is 17.5 Å². The van der Waals surface area contributed by atoms with E-state index in [0.29, 0.717) is 6.42 Å². The summed E-state index contributed by atoms with van der Waals surface area (Å²) in [6, 6.07) is 7.83. The van der Waals surface area contributed by atoms with Gasteiger partial charge in [0, 0.05) is 6.54 Å². The molecule has 1 unspecified atom stereocenters. The lowest BCUT2D eigenvalue weighted by Gasteiger charge is -2.19. The molecule has 0 spiro atoms. The van der Waals surface area contributed by atoms with Crippen molar-refractivity contribution in [2.24, 2.45) is 0 Å². The van der Waals surface area contributed by atoms with E-state index in [9.17, 15) is 9.90 Å². The van der Waals surface area contributed by atoms with Crippen molar-refractivity contribution in [1.82, 2.24) is 9.55 Å². The fourth-order valence-corrected chi connectivity index (χ4v) is 2.14. The van der Waals surface area contributed by atoms with Gasteiger partial charge in [-0.15, -0.1) is 0 Å². The van der Waals surface area contributed by atoms with Gasteiger partial charge in [0.2, 0.25) is 0 Å². The molecule has 2 aromatic rings. The number of carbonyl (C=O) groups excluding carboxylic acids is 1. The number of rotatable bonds is 5. The molecular formula is C15H20N2O2. The Morgan fingerprint density at radius 1 is 1.37 bits per heavy atom. The van der Waals surface area contributed by atoms with Crippen LogP contribution in [-0.2, 0) is 17.8 Å². The minimum absolute atomic E-state index is 0.170. The lowest BCUT2D eigenvalue weighted by molar-refractivity contribution is -0.135. The third kappa shape index (κ3) is 2.54. The minimum atomic E-state index is -1.27. The molecular weight excluding hydrogens is 240 g/mol. The maximum Gasteiger partial charge on any atom is 0.171 e. The van der Waals surface area contributed by atoms with E-state index >= 15 is 0 Å². The largest absolute Gasteiger partial charge is 0.382 e. The smallest absolute Gasteiger partial charge is 0.171 e. The summed E-state index contributed by atoms with van der Waals surface area (Å²) in [5, 5.41) is 10.0. The third-order valence-electron chi connectivity index (χ3n) is 3.66. The molecule has 102 valence electrons. The van der Waals surface area contributed by atoms with E-state index in [-0.39, 0.29) is 12.2 Å². The van der Waals surface area contributed by atoms with Crippen molar-refractivity contribution >= 4 is 16.8 Å². The van der Waals surface area contributed by atoms with E-state index in [1.807, 2.05) is 35.8 Å². The number of para-hydroxylation sites is 2. The number of ketones is 1. The molecule has 1 heterocycles. The van der Waals surface area contributed by atoms with Crippen molar-refractivity contribution in [3.05, 3.63) is 30.1 Å². The molecule has 0 bridgehead atoms. The summed E-state index contributed by atoms with van der Waals surface area (Å²) in [6.07, 6.45) is 0.585. The molecule has 0 amide bonds. The first-order chi connectivity index (χ1) is 8.99. The van der Waals surface area contributed by atoms with Crippen molar-refractivity contribution in [3.8, 4) is 0 Å². The summed E-state index contributed by atoms with van der Waals surface area (Å²) in [7, 11) is 0. The highest BCUT2D eigenvalue weighted by Crippen LogP contribution is 2.19. The molecule has 0 fully saturated rings. The molecule has 1 atom stereocenters. The Bertz CT molecular complexity index is 599. The van der Waals surface area contributed by atoms with Crippen LogP contribution in [0.4, 0.5) is 0 Å². The van der Waals surface area contributed by atoms with Gasteiger partial charge in [-0.2, -0.15) is 0 Å². The molecule has 1 aromatic heterocycles. The fourth-order valence-electron chi connectivity index (χ4n) is 2.14. The van der Waals surface area contributed by atoms with Crippen LogP contribution in [-0.4, -0.2) is 26.0 Å². The van der Waals surface area contributed by atoms with Crippen LogP contribution in [0.1, 0.15) is 33.0 Å². The molecule has 0 radical (unpaired) electrons. The van der Waals surface area contributed by atoms with Crippen molar-refractivity contribution in [3.63, 3.8) is 0 Å². The molecule has 0 aliphatic heterocycles. The van der Waals surface area contributed by atoms with Crippen LogP contribution in [0.15, 0.2) is 24.3 Å². The molecule has 4 heteroatoms. The average molecular weight is 260 g/mol. The van der Waals surface area contributed by atoms with E-state index in [1.54, 1.807) is 13.8 Å². The topological polar surface area (TPSA) is 55.1 Å². The van der Waals surface area contributed by atoms with Crippen LogP contribution in [0.3, 0.4) is 0 Å². The van der Waals surface area contributed by atoms with Crippen LogP contribution >= 0.6 is 0 Å². The molecule has 1 aromatic carbocycles. The number of carbonyl (C=O) groups is 1. The summed E-state index contributed by atoms with van der Waals surface area (Å²) in [6.45, 7) is 6.16. The second-order valence-electron chi connectivity index (χ2n) is 4.99. The first-order valence-corrected chi connectivity index (χ1v) is 6.69. The van der Waals surface area contributed by atoms with Crippen LogP contribution in [0, 0.1) is 0 Å². The average Bonchev–Trinajstić information content (AvgIpc) is 2.75. The van der Waals surface area contributed by atoms with Crippen molar-refractivity contribution < 1.29 is 9.90 Å². The van der Waals surface area contributed by atoms with Gasteiger partial charge < -0.3 is 9.67 Å². The van der Waals surface area contributed by atoms with Crippen molar-refractivity contribution in [2.45, 2.75) is 45.8 Å². The standard InChI is InChI=1S/C15H20N2O2/c1-4-15(3,19)13(18)10-14-16-11-8-6-7-9-12(11)17(14)5-2/h6-9,19H,4-5,10H2,1-3H3. The lowest BCUT2D eigenvalue weighted by Crippen LogP contribution is -2.36. The van der Waals surface area contributed by atoms with Gasteiger partial charge in [-0.3, -0.25) is 4.79 Å². The Labute approximate surface area is 113 Å². The zero-order valence-electron chi connectivity index (χ0n) is 11.7. The first kappa shape index (κ1) is 13.7. The van der Waals surface area contributed by atoms with E-state index in [2.05, 4.69) is 4.98 Å². The second-order valence-corrected chi connectivity index (χ2v) is 4.99. The van der Waals surface area contributed by atoms with Crippen LogP contribution < -0.4 is 0 Å². The zero-order valence-corrected chi connectivity index (χ0v) is 11.7. The molecule has 0 aliphatic carbocycles.